The number of benzene rings is 1. The van der Waals surface area contributed by atoms with Gasteiger partial charge in [0.15, 0.2) is 11.5 Å². The Morgan fingerprint density at radius 2 is 1.77 bits per heavy atom. The highest BCUT2D eigenvalue weighted by molar-refractivity contribution is 5.96. The van der Waals surface area contributed by atoms with Crippen LogP contribution in [0.15, 0.2) is 18.2 Å². The lowest BCUT2D eigenvalue weighted by atomic mass is 9.84. The normalized spacial score (nSPS) is 22.1. The summed E-state index contributed by atoms with van der Waals surface area (Å²) in [6.07, 6.45) is 4.22. The summed E-state index contributed by atoms with van der Waals surface area (Å²) in [7, 11) is 5.72. The van der Waals surface area contributed by atoms with Gasteiger partial charge < -0.3 is 29.3 Å². The van der Waals surface area contributed by atoms with Gasteiger partial charge in [0.05, 0.1) is 12.5 Å². The van der Waals surface area contributed by atoms with Crippen LogP contribution < -0.4 is 9.47 Å². The van der Waals surface area contributed by atoms with Gasteiger partial charge in [0.2, 0.25) is 18.6 Å². The molecule has 3 heterocycles. The van der Waals surface area contributed by atoms with E-state index in [4.69, 9.17) is 9.47 Å². The molecule has 2 saturated heterocycles. The molecule has 1 aromatic rings. The summed E-state index contributed by atoms with van der Waals surface area (Å²) < 4.78 is 11.0. The smallest absolute Gasteiger partial charge is 0.326 e. The van der Waals surface area contributed by atoms with Gasteiger partial charge in [-0.25, -0.2) is 4.79 Å². The van der Waals surface area contributed by atoms with E-state index in [1.807, 2.05) is 36.0 Å². The maximum atomic E-state index is 13.8. The molecule has 4 amide bonds. The topological polar surface area (TPSA) is 123 Å². The fourth-order valence-corrected chi connectivity index (χ4v) is 6.34. The summed E-state index contributed by atoms with van der Waals surface area (Å²) in [4.78, 5) is 60.8. The van der Waals surface area contributed by atoms with E-state index >= 15 is 0 Å². The van der Waals surface area contributed by atoms with Crippen LogP contribution in [0.4, 0.5) is 4.79 Å². The number of urea groups is 1. The Balaban J connectivity index is 1.57. The van der Waals surface area contributed by atoms with Crippen LogP contribution in [0.2, 0.25) is 0 Å². The van der Waals surface area contributed by atoms with Crippen molar-refractivity contribution in [2.24, 2.45) is 5.92 Å². The van der Waals surface area contributed by atoms with Crippen molar-refractivity contribution in [1.82, 2.24) is 24.5 Å². The summed E-state index contributed by atoms with van der Waals surface area (Å²) in [6, 6.07) is 4.56. The number of hydrogen-bond donors (Lipinski definition) is 1. The van der Waals surface area contributed by atoms with Crippen LogP contribution in [0.25, 0.3) is 0 Å². The van der Waals surface area contributed by atoms with Crippen molar-refractivity contribution in [2.75, 3.05) is 73.7 Å². The van der Waals surface area contributed by atoms with Crippen molar-refractivity contribution in [1.29, 1.82) is 0 Å². The molecule has 1 N–H and O–H groups in total. The fraction of sp³-hybridized carbons (Fsp3) is 0.677. The van der Waals surface area contributed by atoms with E-state index in [1.165, 1.54) is 9.80 Å². The summed E-state index contributed by atoms with van der Waals surface area (Å²) in [5.74, 6) is -1.32. The van der Waals surface area contributed by atoms with Crippen LogP contribution in [0.5, 0.6) is 11.5 Å². The van der Waals surface area contributed by atoms with Crippen molar-refractivity contribution >= 4 is 23.8 Å². The largest absolute Gasteiger partial charge is 0.481 e. The molecule has 0 aromatic heterocycles. The molecule has 0 saturated carbocycles. The van der Waals surface area contributed by atoms with Crippen LogP contribution in [-0.2, 0) is 14.4 Å². The van der Waals surface area contributed by atoms with Gasteiger partial charge in [0.25, 0.3) is 0 Å². The SMILES string of the molecule is CCCCN(CCCCN(C)C)C(=O)CN1C[C@H](c2ccc3c(c2)OCO3)C(C(=O)O)[C@@H]1CCN1C(=O)CCN(C)C1=O. The second-order valence-electron chi connectivity index (χ2n) is 12.1. The standard InChI is InChI=1S/C31H47N5O7/c1-5-6-14-34(15-8-7-13-32(2)3)28(38)20-35-19-23(22-9-10-25-26(18-22)43-21-42-25)29(30(39)40)24(35)11-17-36-27(37)12-16-33(4)31(36)41/h9-10,18,23-24,29H,5-8,11-17,19-21H2,1-4H3,(H,39,40)/t23-,24+,29?/m1/s1. The number of unbranched alkanes of at least 4 members (excludes halogenated alkanes) is 2. The Morgan fingerprint density at radius 1 is 1.05 bits per heavy atom. The van der Waals surface area contributed by atoms with E-state index in [9.17, 15) is 24.3 Å². The van der Waals surface area contributed by atoms with Crippen molar-refractivity contribution < 1.29 is 33.8 Å². The van der Waals surface area contributed by atoms with Crippen LogP contribution in [0.1, 0.15) is 56.9 Å². The van der Waals surface area contributed by atoms with Crippen LogP contribution in [0.3, 0.4) is 0 Å². The molecule has 43 heavy (non-hydrogen) atoms. The van der Waals surface area contributed by atoms with Gasteiger partial charge in [-0.1, -0.05) is 19.4 Å². The molecule has 4 rings (SSSR count). The third-order valence-electron chi connectivity index (χ3n) is 8.78. The van der Waals surface area contributed by atoms with Crippen LogP contribution in [0, 0.1) is 5.92 Å². The van der Waals surface area contributed by atoms with Crippen LogP contribution in [-0.4, -0.2) is 133 Å². The average Bonchev–Trinajstić information content (AvgIpc) is 3.58. The molecule has 2 fully saturated rings. The van der Waals surface area contributed by atoms with Crippen molar-refractivity contribution in [3.63, 3.8) is 0 Å². The maximum Gasteiger partial charge on any atom is 0.326 e. The van der Waals surface area contributed by atoms with E-state index in [0.717, 1.165) is 37.8 Å². The Kier molecular flexibility index (Phi) is 11.3. The van der Waals surface area contributed by atoms with Crippen molar-refractivity contribution in [2.45, 2.75) is 57.4 Å². The number of likely N-dealkylation sites (tertiary alicyclic amines) is 1. The van der Waals surface area contributed by atoms with Gasteiger partial charge in [-0.3, -0.25) is 24.2 Å². The molecule has 3 aliphatic rings. The van der Waals surface area contributed by atoms with Gasteiger partial charge >= 0.3 is 12.0 Å². The Bertz CT molecular complexity index is 1160. The molecule has 0 aliphatic carbocycles. The third-order valence-corrected chi connectivity index (χ3v) is 8.78. The van der Waals surface area contributed by atoms with Gasteiger partial charge in [0, 0.05) is 58.2 Å². The van der Waals surface area contributed by atoms with E-state index in [2.05, 4.69) is 11.8 Å². The molecule has 3 atom stereocenters. The number of rotatable bonds is 15. The van der Waals surface area contributed by atoms with Crippen molar-refractivity contribution in [3.05, 3.63) is 23.8 Å². The monoisotopic (exact) mass is 601 g/mol. The number of nitrogens with zero attached hydrogens (tertiary/aromatic N) is 5. The second kappa shape index (κ2) is 14.9. The molecule has 1 unspecified atom stereocenters. The minimum absolute atomic E-state index is 0.0244. The van der Waals surface area contributed by atoms with E-state index in [-0.39, 0.29) is 50.6 Å². The lowest BCUT2D eigenvalue weighted by molar-refractivity contribution is -0.144. The molecule has 12 heteroatoms. The summed E-state index contributed by atoms with van der Waals surface area (Å²) in [6.45, 7) is 5.37. The fourth-order valence-electron chi connectivity index (χ4n) is 6.34. The zero-order valence-electron chi connectivity index (χ0n) is 26.0. The summed E-state index contributed by atoms with van der Waals surface area (Å²) in [5.41, 5.74) is 0.799. The number of carbonyl (C=O) groups excluding carboxylic acids is 3. The molecule has 1 aromatic carbocycles. The van der Waals surface area contributed by atoms with E-state index in [0.29, 0.717) is 37.7 Å². The number of carboxylic acid groups (broad SMARTS) is 1. The number of carbonyl (C=O) groups is 4. The first-order chi connectivity index (χ1) is 20.6. The van der Waals surface area contributed by atoms with E-state index in [1.54, 1.807) is 13.1 Å². The Labute approximate surface area is 254 Å². The minimum Gasteiger partial charge on any atom is -0.481 e. The molecule has 238 valence electrons. The first-order valence-corrected chi connectivity index (χ1v) is 15.4. The molecule has 0 bridgehead atoms. The highest BCUT2D eigenvalue weighted by Crippen LogP contribution is 2.42. The van der Waals surface area contributed by atoms with Gasteiger partial charge in [-0.2, -0.15) is 0 Å². The summed E-state index contributed by atoms with van der Waals surface area (Å²) in [5, 5.41) is 10.5. The number of fused-ring (bicyclic) bond motifs is 1. The lowest BCUT2D eigenvalue weighted by Gasteiger charge is -2.34. The third kappa shape index (κ3) is 7.97. The zero-order valence-corrected chi connectivity index (χ0v) is 26.0. The number of ether oxygens (including phenoxy) is 2. The molecular weight excluding hydrogens is 554 g/mol. The Morgan fingerprint density at radius 3 is 2.49 bits per heavy atom. The zero-order chi connectivity index (χ0) is 31.1. The first-order valence-electron chi connectivity index (χ1n) is 15.4. The predicted molar refractivity (Wildman–Crippen MR) is 160 cm³/mol. The van der Waals surface area contributed by atoms with Crippen molar-refractivity contribution in [3.8, 4) is 11.5 Å². The molecular formula is C31H47N5O7. The van der Waals surface area contributed by atoms with E-state index < -0.39 is 23.8 Å². The van der Waals surface area contributed by atoms with Gasteiger partial charge in [0.1, 0.15) is 0 Å². The number of aliphatic carboxylic acids is 1. The minimum atomic E-state index is -0.970. The predicted octanol–water partition coefficient (Wildman–Crippen LogP) is 2.53. The highest BCUT2D eigenvalue weighted by atomic mass is 16.7. The quantitative estimate of drug-likeness (QED) is 0.302. The number of carboxylic acids is 1. The molecule has 3 aliphatic heterocycles. The number of amides is 4. The molecule has 0 spiro atoms. The first kappa shape index (κ1) is 32.5. The lowest BCUT2D eigenvalue weighted by Crippen LogP contribution is -2.52. The number of imide groups is 1. The van der Waals surface area contributed by atoms with Gasteiger partial charge in [-0.05, 0) is 64.0 Å². The number of hydrogen-bond acceptors (Lipinski definition) is 8. The highest BCUT2D eigenvalue weighted by Gasteiger charge is 2.48. The second-order valence-corrected chi connectivity index (χ2v) is 12.1. The summed E-state index contributed by atoms with van der Waals surface area (Å²) >= 11 is 0. The average molecular weight is 602 g/mol. The molecule has 0 radical (unpaired) electrons. The van der Waals surface area contributed by atoms with Gasteiger partial charge in [-0.15, -0.1) is 0 Å². The Hall–Kier alpha value is -3.38. The maximum absolute atomic E-state index is 13.8. The van der Waals surface area contributed by atoms with Crippen LogP contribution >= 0.6 is 0 Å². The molecule has 12 nitrogen and oxygen atoms in total.